The molecule has 0 saturated heterocycles. The monoisotopic (exact) mass is 224 g/mol. The normalized spacial score (nSPS) is 11.3. The van der Waals surface area contributed by atoms with Crippen molar-refractivity contribution in [1.82, 2.24) is 0 Å². The Kier molecular flexibility index (Phi) is 6.48. The van der Waals surface area contributed by atoms with E-state index >= 15 is 0 Å². The van der Waals surface area contributed by atoms with Gasteiger partial charge in [0.1, 0.15) is 0 Å². The van der Waals surface area contributed by atoms with Gasteiger partial charge in [-0.2, -0.15) is 8.42 Å². The molecule has 84 valence electrons. The Labute approximate surface area is 84.5 Å². The largest absolute Gasteiger partial charge is 0.466 e. The molecule has 6 heteroatoms. The van der Waals surface area contributed by atoms with Crippen LogP contribution in [0.25, 0.3) is 0 Å². The average molecular weight is 224 g/mol. The van der Waals surface area contributed by atoms with Crippen LogP contribution in [-0.2, 0) is 23.8 Å². The van der Waals surface area contributed by atoms with Crippen LogP contribution in [0.2, 0.25) is 0 Å². The molecule has 0 spiro atoms. The predicted octanol–water partition coefficient (Wildman–Crippen LogP) is 0.696. The summed E-state index contributed by atoms with van der Waals surface area (Å²) >= 11 is 0. The molecule has 0 saturated carbocycles. The molecule has 14 heavy (non-hydrogen) atoms. The molecule has 0 bridgehead atoms. The molecule has 0 aromatic heterocycles. The number of carbonyl (C=O) groups excluding carboxylic acids is 1. The first-order valence-corrected chi connectivity index (χ1v) is 6.21. The predicted molar refractivity (Wildman–Crippen MR) is 51.3 cm³/mol. The smallest absolute Gasteiger partial charge is 0.302 e. The van der Waals surface area contributed by atoms with Gasteiger partial charge < -0.3 is 4.74 Å². The van der Waals surface area contributed by atoms with Crippen molar-refractivity contribution in [3.8, 4) is 0 Å². The summed E-state index contributed by atoms with van der Waals surface area (Å²) in [6.45, 7) is 1.93. The van der Waals surface area contributed by atoms with Gasteiger partial charge in [-0.15, -0.1) is 0 Å². The third-order valence-electron chi connectivity index (χ3n) is 1.39. The second-order valence-electron chi connectivity index (χ2n) is 2.93. The summed E-state index contributed by atoms with van der Waals surface area (Å²) < 4.78 is 30.2. The van der Waals surface area contributed by atoms with E-state index in [9.17, 15) is 13.2 Å². The van der Waals surface area contributed by atoms with E-state index in [1.807, 2.05) is 0 Å². The van der Waals surface area contributed by atoms with Crippen LogP contribution in [-0.4, -0.2) is 33.9 Å². The van der Waals surface area contributed by atoms with Crippen LogP contribution in [0.4, 0.5) is 0 Å². The van der Waals surface area contributed by atoms with Crippen LogP contribution in [0.15, 0.2) is 0 Å². The molecular weight excluding hydrogens is 208 g/mol. The minimum atomic E-state index is -3.32. The van der Waals surface area contributed by atoms with Crippen LogP contribution >= 0.6 is 0 Å². The van der Waals surface area contributed by atoms with Crippen LogP contribution < -0.4 is 0 Å². The van der Waals surface area contributed by atoms with Gasteiger partial charge in [0.2, 0.25) is 0 Å². The van der Waals surface area contributed by atoms with E-state index in [1.54, 1.807) is 0 Å². The van der Waals surface area contributed by atoms with E-state index in [0.717, 1.165) is 19.1 Å². The third kappa shape index (κ3) is 11.4. The van der Waals surface area contributed by atoms with E-state index in [-0.39, 0.29) is 12.6 Å². The van der Waals surface area contributed by atoms with Crippen molar-refractivity contribution in [3.63, 3.8) is 0 Å². The summed E-state index contributed by atoms with van der Waals surface area (Å²) in [6, 6.07) is 0. The van der Waals surface area contributed by atoms with E-state index < -0.39 is 10.1 Å². The first-order chi connectivity index (χ1) is 6.42. The number of unbranched alkanes of at least 4 members (excludes halogenated alkanes) is 2. The Balaban J connectivity index is 3.19. The molecule has 0 aromatic carbocycles. The van der Waals surface area contributed by atoms with Gasteiger partial charge in [-0.25, -0.2) is 0 Å². The van der Waals surface area contributed by atoms with Crippen molar-refractivity contribution in [2.24, 2.45) is 0 Å². The number of rotatable bonds is 7. The van der Waals surface area contributed by atoms with Crippen molar-refractivity contribution in [1.29, 1.82) is 0 Å². The standard InChI is InChI=1S/C8H16O5S/c1-8(9)12-6-4-3-5-7-13-14(2,10)11/h3-7H2,1-2H3. The van der Waals surface area contributed by atoms with Crippen molar-refractivity contribution >= 4 is 16.1 Å². The Hall–Kier alpha value is -0.620. The molecule has 5 nitrogen and oxygen atoms in total. The molecule has 0 unspecified atom stereocenters. The lowest BCUT2D eigenvalue weighted by Gasteiger charge is -2.02. The topological polar surface area (TPSA) is 69.7 Å². The number of carbonyl (C=O) groups is 1. The molecule has 0 rings (SSSR count). The zero-order valence-corrected chi connectivity index (χ0v) is 9.30. The Morgan fingerprint density at radius 3 is 2.21 bits per heavy atom. The zero-order valence-electron chi connectivity index (χ0n) is 8.49. The summed E-state index contributed by atoms with van der Waals surface area (Å²) in [6.07, 6.45) is 3.18. The van der Waals surface area contributed by atoms with Gasteiger partial charge in [0.25, 0.3) is 10.1 Å². The SMILES string of the molecule is CC(=O)OCCCCCOS(C)(=O)=O. The Bertz CT molecular complexity index is 257. The summed E-state index contributed by atoms with van der Waals surface area (Å²) in [5.74, 6) is -0.294. The molecule has 0 heterocycles. The molecule has 0 N–H and O–H groups in total. The first kappa shape index (κ1) is 13.4. The fourth-order valence-corrected chi connectivity index (χ4v) is 1.23. The fourth-order valence-electron chi connectivity index (χ4n) is 0.807. The molecule has 0 fully saturated rings. The maximum atomic E-state index is 10.5. The Morgan fingerprint density at radius 2 is 1.71 bits per heavy atom. The van der Waals surface area contributed by atoms with Crippen molar-refractivity contribution in [2.45, 2.75) is 26.2 Å². The van der Waals surface area contributed by atoms with Gasteiger partial charge in [-0.1, -0.05) is 0 Å². The van der Waals surface area contributed by atoms with Crippen LogP contribution in [0.5, 0.6) is 0 Å². The molecule has 0 aliphatic rings. The molecular formula is C8H16O5S. The van der Waals surface area contributed by atoms with E-state index in [4.69, 9.17) is 4.74 Å². The minimum absolute atomic E-state index is 0.193. The third-order valence-corrected chi connectivity index (χ3v) is 1.99. The molecule has 0 atom stereocenters. The van der Waals surface area contributed by atoms with E-state index in [2.05, 4.69) is 4.18 Å². The second kappa shape index (κ2) is 6.78. The second-order valence-corrected chi connectivity index (χ2v) is 4.57. The summed E-state index contributed by atoms with van der Waals surface area (Å²) in [5.41, 5.74) is 0. The maximum absolute atomic E-state index is 10.5. The molecule has 0 radical (unpaired) electrons. The zero-order chi connectivity index (χ0) is 11.0. The average Bonchev–Trinajstić information content (AvgIpc) is 2.00. The van der Waals surface area contributed by atoms with Crippen LogP contribution in [0.1, 0.15) is 26.2 Å². The minimum Gasteiger partial charge on any atom is -0.466 e. The van der Waals surface area contributed by atoms with Gasteiger partial charge in [0.05, 0.1) is 19.5 Å². The van der Waals surface area contributed by atoms with Crippen LogP contribution in [0, 0.1) is 0 Å². The van der Waals surface area contributed by atoms with E-state index in [1.165, 1.54) is 6.92 Å². The highest BCUT2D eigenvalue weighted by Gasteiger charge is 2.00. The molecule has 0 aromatic rings. The van der Waals surface area contributed by atoms with Gasteiger partial charge >= 0.3 is 5.97 Å². The number of ether oxygens (including phenoxy) is 1. The lowest BCUT2D eigenvalue weighted by atomic mass is 10.2. The van der Waals surface area contributed by atoms with Gasteiger partial charge in [-0.05, 0) is 19.3 Å². The van der Waals surface area contributed by atoms with Gasteiger partial charge in [0, 0.05) is 6.92 Å². The highest BCUT2D eigenvalue weighted by molar-refractivity contribution is 7.85. The van der Waals surface area contributed by atoms with Crippen molar-refractivity contribution in [2.75, 3.05) is 19.5 Å². The lowest BCUT2D eigenvalue weighted by Crippen LogP contribution is -2.05. The quantitative estimate of drug-likeness (QED) is 0.361. The van der Waals surface area contributed by atoms with Crippen LogP contribution in [0.3, 0.4) is 0 Å². The summed E-state index contributed by atoms with van der Waals surface area (Å²) in [7, 11) is -3.32. The van der Waals surface area contributed by atoms with Gasteiger partial charge in [-0.3, -0.25) is 8.98 Å². The molecule has 0 amide bonds. The Morgan fingerprint density at radius 1 is 1.14 bits per heavy atom. The van der Waals surface area contributed by atoms with Crippen molar-refractivity contribution < 1.29 is 22.1 Å². The summed E-state index contributed by atoms with van der Waals surface area (Å²) in [4.78, 5) is 10.3. The van der Waals surface area contributed by atoms with E-state index in [0.29, 0.717) is 13.0 Å². The first-order valence-electron chi connectivity index (χ1n) is 4.39. The number of hydrogen-bond acceptors (Lipinski definition) is 5. The highest BCUT2D eigenvalue weighted by atomic mass is 32.2. The maximum Gasteiger partial charge on any atom is 0.302 e. The van der Waals surface area contributed by atoms with Crippen molar-refractivity contribution in [3.05, 3.63) is 0 Å². The fraction of sp³-hybridized carbons (Fsp3) is 0.875. The lowest BCUT2D eigenvalue weighted by molar-refractivity contribution is -0.141. The number of esters is 1. The number of hydrogen-bond donors (Lipinski definition) is 0. The highest BCUT2D eigenvalue weighted by Crippen LogP contribution is 1.98. The van der Waals surface area contributed by atoms with Gasteiger partial charge in [0.15, 0.2) is 0 Å². The summed E-state index contributed by atoms with van der Waals surface area (Å²) in [5, 5.41) is 0. The molecule has 0 aliphatic carbocycles. The molecule has 0 aliphatic heterocycles.